The van der Waals surface area contributed by atoms with Crippen LogP contribution in [0.2, 0.25) is 5.02 Å². The predicted molar refractivity (Wildman–Crippen MR) is 100 cm³/mol. The summed E-state index contributed by atoms with van der Waals surface area (Å²) in [6.45, 7) is 1.53. The summed E-state index contributed by atoms with van der Waals surface area (Å²) in [6, 6.07) is 6.06. The third-order valence-electron chi connectivity index (χ3n) is 5.20. The molecule has 1 aromatic heterocycles. The van der Waals surface area contributed by atoms with Crippen molar-refractivity contribution in [3.63, 3.8) is 0 Å². The molecule has 7 heteroatoms. The van der Waals surface area contributed by atoms with Gasteiger partial charge in [0.1, 0.15) is 0 Å². The fourth-order valence-corrected chi connectivity index (χ4v) is 4.15. The van der Waals surface area contributed by atoms with Crippen molar-refractivity contribution >= 4 is 29.9 Å². The molecule has 134 valence electrons. The van der Waals surface area contributed by atoms with Gasteiger partial charge in [0.05, 0.1) is 18.2 Å². The molecule has 2 heterocycles. The van der Waals surface area contributed by atoms with Gasteiger partial charge in [0.25, 0.3) is 0 Å². The van der Waals surface area contributed by atoms with Crippen LogP contribution in [0.15, 0.2) is 30.6 Å². The van der Waals surface area contributed by atoms with Crippen LogP contribution in [-0.2, 0) is 18.3 Å². The maximum atomic E-state index is 12.9. The maximum Gasteiger partial charge on any atom is 0.225 e. The molecule has 1 aliphatic carbocycles. The molecular weight excluding hydrogens is 359 g/mol. The Morgan fingerprint density at radius 3 is 3.00 bits per heavy atom. The lowest BCUT2D eigenvalue weighted by atomic mass is 9.90. The quantitative estimate of drug-likeness (QED) is 0.860. The van der Waals surface area contributed by atoms with Gasteiger partial charge in [0.15, 0.2) is 0 Å². The van der Waals surface area contributed by atoms with E-state index in [9.17, 15) is 4.79 Å². The van der Waals surface area contributed by atoms with E-state index in [-0.39, 0.29) is 36.2 Å². The number of aromatic nitrogens is 2. The zero-order valence-corrected chi connectivity index (χ0v) is 15.6. The lowest BCUT2D eigenvalue weighted by Crippen LogP contribution is -2.36. The number of amides is 1. The minimum absolute atomic E-state index is 0. The van der Waals surface area contributed by atoms with Crippen molar-refractivity contribution in [1.29, 1.82) is 0 Å². The third kappa shape index (κ3) is 3.54. The van der Waals surface area contributed by atoms with Crippen LogP contribution in [0.3, 0.4) is 0 Å². The summed E-state index contributed by atoms with van der Waals surface area (Å²) in [5.41, 5.74) is 3.58. The van der Waals surface area contributed by atoms with Crippen molar-refractivity contribution < 1.29 is 4.79 Å². The Kier molecular flexibility index (Phi) is 5.37. The largest absolute Gasteiger partial charge is 0.349 e. The highest BCUT2D eigenvalue weighted by atomic mass is 35.5. The van der Waals surface area contributed by atoms with E-state index < -0.39 is 0 Å². The summed E-state index contributed by atoms with van der Waals surface area (Å²) in [5, 5.41) is 11.6. The van der Waals surface area contributed by atoms with Gasteiger partial charge in [-0.1, -0.05) is 17.7 Å². The van der Waals surface area contributed by atoms with E-state index in [1.165, 1.54) is 11.1 Å². The predicted octanol–water partition coefficient (Wildman–Crippen LogP) is 2.60. The molecule has 1 saturated heterocycles. The van der Waals surface area contributed by atoms with E-state index >= 15 is 0 Å². The molecule has 1 aromatic carbocycles. The molecular formula is C18H22Cl2N4O. The number of nitrogens with one attached hydrogen (secondary N) is 2. The first-order valence-corrected chi connectivity index (χ1v) is 8.77. The van der Waals surface area contributed by atoms with E-state index in [2.05, 4.69) is 15.7 Å². The molecule has 3 atom stereocenters. The van der Waals surface area contributed by atoms with Crippen LogP contribution in [0.4, 0.5) is 0 Å². The standard InChI is InChI=1S/C18H21ClN4O.ClH/c1-23-10-12(7-21-23)15-8-20-9-16(15)18(24)22-17-5-2-11-6-13(19)3-4-14(11)17;/h3-4,6-7,10,15-17,20H,2,5,8-9H2,1H3,(H,22,24);1H/t15-,16+,17?;/m1./s1. The number of nitrogens with zero attached hydrogens (tertiary/aromatic N) is 2. The van der Waals surface area contributed by atoms with Crippen molar-refractivity contribution in [3.05, 3.63) is 52.3 Å². The van der Waals surface area contributed by atoms with Crippen LogP contribution in [0.25, 0.3) is 0 Å². The fraction of sp³-hybridized carbons (Fsp3) is 0.444. The van der Waals surface area contributed by atoms with Gasteiger partial charge in [0, 0.05) is 37.3 Å². The Labute approximate surface area is 158 Å². The lowest BCUT2D eigenvalue weighted by molar-refractivity contribution is -0.125. The number of rotatable bonds is 3. The SMILES string of the molecule is Cl.Cn1cc([C@H]2CNC[C@@H]2C(=O)NC2CCc3cc(Cl)ccc32)cn1. The Balaban J connectivity index is 0.00000182. The molecule has 0 radical (unpaired) electrons. The number of benzene rings is 1. The second-order valence-corrected chi connectivity index (χ2v) is 7.20. The van der Waals surface area contributed by atoms with E-state index in [1.807, 2.05) is 37.6 Å². The summed E-state index contributed by atoms with van der Waals surface area (Å²) in [7, 11) is 1.90. The number of carbonyl (C=O) groups excluding carboxylic acids is 1. The molecule has 4 rings (SSSR count). The van der Waals surface area contributed by atoms with Gasteiger partial charge in [-0.25, -0.2) is 0 Å². The van der Waals surface area contributed by atoms with Crippen LogP contribution in [0, 0.1) is 5.92 Å². The number of hydrogen-bond donors (Lipinski definition) is 2. The molecule has 25 heavy (non-hydrogen) atoms. The first kappa shape index (κ1) is 18.2. The molecule has 0 bridgehead atoms. The van der Waals surface area contributed by atoms with E-state index in [0.29, 0.717) is 6.54 Å². The summed E-state index contributed by atoms with van der Waals surface area (Å²) in [6.07, 6.45) is 5.78. The first-order valence-electron chi connectivity index (χ1n) is 8.40. The van der Waals surface area contributed by atoms with Gasteiger partial charge in [0.2, 0.25) is 5.91 Å². The van der Waals surface area contributed by atoms with E-state index in [0.717, 1.165) is 30.0 Å². The Morgan fingerprint density at radius 2 is 2.24 bits per heavy atom. The van der Waals surface area contributed by atoms with E-state index in [1.54, 1.807) is 4.68 Å². The van der Waals surface area contributed by atoms with Crippen molar-refractivity contribution in [1.82, 2.24) is 20.4 Å². The molecule has 1 amide bonds. The molecule has 2 aliphatic rings. The van der Waals surface area contributed by atoms with Gasteiger partial charge < -0.3 is 10.6 Å². The van der Waals surface area contributed by atoms with Gasteiger partial charge in [-0.15, -0.1) is 12.4 Å². The first-order chi connectivity index (χ1) is 11.6. The minimum Gasteiger partial charge on any atom is -0.349 e. The maximum absolute atomic E-state index is 12.9. The normalized spacial score (nSPS) is 24.6. The topological polar surface area (TPSA) is 59.0 Å². The smallest absolute Gasteiger partial charge is 0.225 e. The number of aryl methyl sites for hydroxylation is 2. The average Bonchev–Trinajstić information content (AvgIpc) is 3.26. The fourth-order valence-electron chi connectivity index (χ4n) is 3.95. The Bertz CT molecular complexity index is 776. The van der Waals surface area contributed by atoms with Crippen LogP contribution in [0.5, 0.6) is 0 Å². The Hall–Kier alpha value is -1.56. The molecule has 2 aromatic rings. The number of fused-ring (bicyclic) bond motifs is 1. The second kappa shape index (κ2) is 7.36. The second-order valence-electron chi connectivity index (χ2n) is 6.76. The Morgan fingerprint density at radius 1 is 1.40 bits per heavy atom. The molecule has 0 spiro atoms. The molecule has 1 unspecified atom stereocenters. The molecule has 5 nitrogen and oxygen atoms in total. The average molecular weight is 381 g/mol. The van der Waals surface area contributed by atoms with Gasteiger partial charge in [-0.3, -0.25) is 9.48 Å². The van der Waals surface area contributed by atoms with Crippen molar-refractivity contribution in [2.45, 2.75) is 24.8 Å². The van der Waals surface area contributed by atoms with Gasteiger partial charge in [-0.05, 0) is 41.7 Å². The van der Waals surface area contributed by atoms with Crippen molar-refractivity contribution in [3.8, 4) is 0 Å². The summed E-state index contributed by atoms with van der Waals surface area (Å²) in [4.78, 5) is 12.9. The monoisotopic (exact) mass is 380 g/mol. The van der Waals surface area contributed by atoms with Crippen molar-refractivity contribution in [2.75, 3.05) is 13.1 Å². The summed E-state index contributed by atoms with van der Waals surface area (Å²) in [5.74, 6) is 0.261. The summed E-state index contributed by atoms with van der Waals surface area (Å²) < 4.78 is 1.79. The zero-order valence-electron chi connectivity index (χ0n) is 14.0. The van der Waals surface area contributed by atoms with Crippen LogP contribution in [0.1, 0.15) is 35.1 Å². The van der Waals surface area contributed by atoms with Gasteiger partial charge >= 0.3 is 0 Å². The number of carbonyl (C=O) groups is 1. The lowest BCUT2D eigenvalue weighted by Gasteiger charge is -2.21. The molecule has 1 fully saturated rings. The van der Waals surface area contributed by atoms with Crippen LogP contribution in [-0.4, -0.2) is 28.8 Å². The minimum atomic E-state index is -0.0504. The highest BCUT2D eigenvalue weighted by molar-refractivity contribution is 6.30. The highest BCUT2D eigenvalue weighted by Crippen LogP contribution is 2.34. The molecule has 2 N–H and O–H groups in total. The summed E-state index contributed by atoms with van der Waals surface area (Å²) >= 11 is 6.07. The van der Waals surface area contributed by atoms with E-state index in [4.69, 9.17) is 11.6 Å². The molecule has 1 aliphatic heterocycles. The van der Waals surface area contributed by atoms with Gasteiger partial charge in [-0.2, -0.15) is 5.10 Å². The van der Waals surface area contributed by atoms with Crippen LogP contribution < -0.4 is 10.6 Å². The third-order valence-corrected chi connectivity index (χ3v) is 5.44. The molecule has 0 saturated carbocycles. The van der Waals surface area contributed by atoms with Crippen LogP contribution >= 0.6 is 24.0 Å². The highest BCUT2D eigenvalue weighted by Gasteiger charge is 2.36. The van der Waals surface area contributed by atoms with Crippen molar-refractivity contribution in [2.24, 2.45) is 13.0 Å². The number of halogens is 2. The zero-order chi connectivity index (χ0) is 16.7. The number of hydrogen-bond acceptors (Lipinski definition) is 3.